The summed E-state index contributed by atoms with van der Waals surface area (Å²) >= 11 is 1.71. The Bertz CT molecular complexity index is 555. The van der Waals surface area contributed by atoms with Crippen molar-refractivity contribution in [1.82, 2.24) is 19.7 Å². The molecule has 2 aromatic heterocycles. The van der Waals surface area contributed by atoms with E-state index in [1.807, 2.05) is 35.3 Å². The number of H-pyrrole nitrogens is 1. The fourth-order valence-electron chi connectivity index (χ4n) is 1.95. The van der Waals surface area contributed by atoms with Crippen LogP contribution < -0.4 is 5.32 Å². The lowest BCUT2D eigenvalue weighted by atomic mass is 10.2. The van der Waals surface area contributed by atoms with E-state index in [9.17, 15) is 4.79 Å². The smallest absolute Gasteiger partial charge is 0.249 e. The van der Waals surface area contributed by atoms with Gasteiger partial charge in [-0.25, -0.2) is 0 Å². The van der Waals surface area contributed by atoms with Gasteiger partial charge in [-0.05, 0) is 30.6 Å². The summed E-state index contributed by atoms with van der Waals surface area (Å²) < 4.78 is 6.85. The van der Waals surface area contributed by atoms with Gasteiger partial charge in [0.05, 0.1) is 0 Å². The van der Waals surface area contributed by atoms with Crippen molar-refractivity contribution in [3.8, 4) is 0 Å². The lowest BCUT2D eigenvalue weighted by Gasteiger charge is -2.17. The van der Waals surface area contributed by atoms with Gasteiger partial charge in [-0.3, -0.25) is 15.2 Å². The molecule has 0 saturated carbocycles. The number of nitrogens with one attached hydrogen (secondary N) is 2. The molecule has 0 aliphatic rings. The number of thioether (sulfide) groups is 1. The van der Waals surface area contributed by atoms with Gasteiger partial charge >= 0.3 is 0 Å². The van der Waals surface area contributed by atoms with Crippen LogP contribution in [-0.2, 0) is 16.1 Å². The molecule has 1 amide bonds. The molecule has 0 bridgehead atoms. The van der Waals surface area contributed by atoms with Gasteiger partial charge in [-0.1, -0.05) is 0 Å². The lowest BCUT2D eigenvalue weighted by Crippen LogP contribution is -2.26. The van der Waals surface area contributed by atoms with Crippen LogP contribution in [0.3, 0.4) is 0 Å². The Labute approximate surface area is 127 Å². The molecule has 0 aromatic carbocycles. The van der Waals surface area contributed by atoms with Crippen LogP contribution in [-0.4, -0.2) is 44.8 Å². The van der Waals surface area contributed by atoms with E-state index < -0.39 is 0 Å². The van der Waals surface area contributed by atoms with Crippen LogP contribution in [0.4, 0.5) is 5.95 Å². The third-order valence-electron chi connectivity index (χ3n) is 2.93. The van der Waals surface area contributed by atoms with Crippen molar-refractivity contribution in [1.29, 1.82) is 0 Å². The van der Waals surface area contributed by atoms with E-state index in [1.54, 1.807) is 18.9 Å². The second kappa shape index (κ2) is 7.84. The van der Waals surface area contributed by atoms with Crippen LogP contribution in [0.5, 0.6) is 0 Å². The largest absolute Gasteiger partial charge is 0.377 e. The van der Waals surface area contributed by atoms with Gasteiger partial charge in [0.15, 0.2) is 5.82 Å². The molecule has 0 spiro atoms. The van der Waals surface area contributed by atoms with Crippen LogP contribution in [0.2, 0.25) is 0 Å². The Balaban J connectivity index is 2.03. The van der Waals surface area contributed by atoms with Gasteiger partial charge in [0, 0.05) is 19.5 Å². The summed E-state index contributed by atoms with van der Waals surface area (Å²) in [7, 11) is 1.57. The van der Waals surface area contributed by atoms with Gasteiger partial charge in [-0.15, -0.1) is 5.10 Å². The molecule has 8 heteroatoms. The second-order valence-electron chi connectivity index (χ2n) is 4.46. The summed E-state index contributed by atoms with van der Waals surface area (Å²) in [6.07, 6.45) is 6.55. The quantitative estimate of drug-likeness (QED) is 0.775. The maximum atomic E-state index is 12.4. The number of amides is 1. The third-order valence-corrected chi connectivity index (χ3v) is 3.58. The maximum Gasteiger partial charge on any atom is 0.249 e. The molecular formula is C13H19N5O2S. The van der Waals surface area contributed by atoms with Gasteiger partial charge in [0.25, 0.3) is 0 Å². The highest BCUT2D eigenvalue weighted by molar-refractivity contribution is 7.98. The molecular weight excluding hydrogens is 290 g/mol. The molecule has 0 unspecified atom stereocenters. The van der Waals surface area contributed by atoms with E-state index >= 15 is 0 Å². The van der Waals surface area contributed by atoms with Crippen molar-refractivity contribution in [2.75, 3.05) is 24.4 Å². The normalized spacial score (nSPS) is 12.3. The minimum absolute atomic E-state index is 0.122. The SMILES string of the molecule is COCc1nc(NC(=O)[C@@H](CCSC)n2cccc2)n[nH]1. The van der Waals surface area contributed by atoms with Crippen molar-refractivity contribution in [3.05, 3.63) is 30.4 Å². The van der Waals surface area contributed by atoms with Gasteiger partial charge in [-0.2, -0.15) is 16.7 Å². The number of hydrogen-bond acceptors (Lipinski definition) is 5. The summed E-state index contributed by atoms with van der Waals surface area (Å²) in [5.74, 6) is 1.63. The summed E-state index contributed by atoms with van der Waals surface area (Å²) in [5, 5.41) is 9.41. The van der Waals surface area contributed by atoms with Crippen molar-refractivity contribution in [2.45, 2.75) is 19.1 Å². The summed E-state index contributed by atoms with van der Waals surface area (Å²) in [5.41, 5.74) is 0. The minimum atomic E-state index is -0.267. The van der Waals surface area contributed by atoms with Gasteiger partial charge < -0.3 is 9.30 Å². The molecule has 7 nitrogen and oxygen atoms in total. The third kappa shape index (κ3) is 4.33. The highest BCUT2D eigenvalue weighted by Crippen LogP contribution is 2.16. The van der Waals surface area contributed by atoms with Crippen molar-refractivity contribution < 1.29 is 9.53 Å². The molecule has 0 radical (unpaired) electrons. The zero-order valence-corrected chi connectivity index (χ0v) is 12.9. The number of nitrogens with zero attached hydrogens (tertiary/aromatic N) is 3. The minimum Gasteiger partial charge on any atom is -0.377 e. The van der Waals surface area contributed by atoms with Crippen LogP contribution in [0.1, 0.15) is 18.3 Å². The van der Waals surface area contributed by atoms with Gasteiger partial charge in [0.2, 0.25) is 11.9 Å². The fraction of sp³-hybridized carbons (Fsp3) is 0.462. The Morgan fingerprint density at radius 3 is 2.95 bits per heavy atom. The Kier molecular flexibility index (Phi) is 5.82. The molecule has 1 atom stereocenters. The zero-order chi connectivity index (χ0) is 15.1. The maximum absolute atomic E-state index is 12.4. The predicted octanol–water partition coefficient (Wildman–Crippen LogP) is 1.69. The number of hydrogen-bond donors (Lipinski definition) is 2. The van der Waals surface area contributed by atoms with E-state index in [-0.39, 0.29) is 17.9 Å². The topological polar surface area (TPSA) is 84.8 Å². The average molecular weight is 309 g/mol. The first-order valence-corrected chi connectivity index (χ1v) is 7.96. The summed E-state index contributed by atoms with van der Waals surface area (Å²) in [4.78, 5) is 16.6. The standard InChI is InChI=1S/C13H19N5O2S/c1-20-9-11-14-13(17-16-11)15-12(19)10(5-8-21-2)18-6-3-4-7-18/h3-4,6-7,10H,5,8-9H2,1-2H3,(H2,14,15,16,17,19)/t10-/m1/s1. The number of carbonyl (C=O) groups excluding carboxylic acids is 1. The molecule has 2 N–H and O–H groups in total. The first kappa shape index (κ1) is 15.6. The second-order valence-corrected chi connectivity index (χ2v) is 5.44. The zero-order valence-electron chi connectivity index (χ0n) is 12.1. The Morgan fingerprint density at radius 1 is 1.52 bits per heavy atom. The van der Waals surface area contributed by atoms with Gasteiger partial charge in [0.1, 0.15) is 12.6 Å². The number of aromatic nitrogens is 4. The Morgan fingerprint density at radius 2 is 2.29 bits per heavy atom. The van der Waals surface area contributed by atoms with E-state index in [0.29, 0.717) is 12.4 Å². The molecule has 2 heterocycles. The monoisotopic (exact) mass is 309 g/mol. The highest BCUT2D eigenvalue weighted by Gasteiger charge is 2.20. The molecule has 0 fully saturated rings. The van der Waals surface area contributed by atoms with Crippen molar-refractivity contribution in [3.63, 3.8) is 0 Å². The van der Waals surface area contributed by atoms with E-state index in [0.717, 1.165) is 12.2 Å². The summed E-state index contributed by atoms with van der Waals surface area (Å²) in [6, 6.07) is 3.54. The molecule has 0 saturated heterocycles. The van der Waals surface area contributed by atoms with E-state index in [4.69, 9.17) is 4.74 Å². The molecule has 2 aromatic rings. The Hall–Kier alpha value is -1.80. The highest BCUT2D eigenvalue weighted by atomic mass is 32.2. The number of aromatic amines is 1. The molecule has 2 rings (SSSR count). The first-order chi connectivity index (χ1) is 10.2. The van der Waals surface area contributed by atoms with Crippen molar-refractivity contribution in [2.24, 2.45) is 0 Å². The lowest BCUT2D eigenvalue weighted by molar-refractivity contribution is -0.119. The van der Waals surface area contributed by atoms with E-state index in [1.165, 1.54) is 0 Å². The molecule has 0 aliphatic carbocycles. The first-order valence-electron chi connectivity index (χ1n) is 6.57. The van der Waals surface area contributed by atoms with Crippen LogP contribution in [0.15, 0.2) is 24.5 Å². The number of ether oxygens (including phenoxy) is 1. The van der Waals surface area contributed by atoms with Crippen LogP contribution >= 0.6 is 11.8 Å². The molecule has 0 aliphatic heterocycles. The predicted molar refractivity (Wildman–Crippen MR) is 82.2 cm³/mol. The number of carbonyl (C=O) groups is 1. The van der Waals surface area contributed by atoms with Crippen LogP contribution in [0, 0.1) is 0 Å². The number of rotatable bonds is 8. The van der Waals surface area contributed by atoms with Crippen molar-refractivity contribution >= 4 is 23.6 Å². The number of methoxy groups -OCH3 is 1. The summed E-state index contributed by atoms with van der Waals surface area (Å²) in [6.45, 7) is 0.330. The average Bonchev–Trinajstić information content (AvgIpc) is 3.12. The van der Waals surface area contributed by atoms with Crippen LogP contribution in [0.25, 0.3) is 0 Å². The van der Waals surface area contributed by atoms with E-state index in [2.05, 4.69) is 20.5 Å². The molecule has 21 heavy (non-hydrogen) atoms. The number of anilines is 1. The fourth-order valence-corrected chi connectivity index (χ4v) is 2.41. The molecule has 114 valence electrons.